The molecule has 4 aromatic rings. The van der Waals surface area contributed by atoms with E-state index < -0.39 is 29.6 Å². The number of imidazole rings is 1. The normalized spacial score (nSPS) is 17.2. The van der Waals surface area contributed by atoms with Gasteiger partial charge in [0.2, 0.25) is 5.82 Å². The maximum atomic E-state index is 14.1. The number of alkyl halides is 3. The van der Waals surface area contributed by atoms with Crippen LogP contribution in [0.2, 0.25) is 5.02 Å². The summed E-state index contributed by atoms with van der Waals surface area (Å²) >= 11 is 5.87. The molecular formula is C27H25ClF3N5O4. The molecule has 40 heavy (non-hydrogen) atoms. The van der Waals surface area contributed by atoms with Crippen LogP contribution in [-0.2, 0) is 11.0 Å². The number of benzene rings is 2. The molecule has 2 N–H and O–H groups in total. The molecule has 0 saturated carbocycles. The van der Waals surface area contributed by atoms with Crippen molar-refractivity contribution < 1.29 is 32.7 Å². The van der Waals surface area contributed by atoms with Gasteiger partial charge in [-0.25, -0.2) is 4.98 Å². The van der Waals surface area contributed by atoms with Gasteiger partial charge in [-0.2, -0.15) is 18.2 Å². The van der Waals surface area contributed by atoms with E-state index in [2.05, 4.69) is 20.0 Å². The molecule has 9 nitrogen and oxygen atoms in total. The molecule has 1 saturated heterocycles. The molecule has 2 aromatic heterocycles. The van der Waals surface area contributed by atoms with E-state index in [1.54, 1.807) is 24.3 Å². The number of carboxylic acids is 1. The first kappa shape index (κ1) is 27.8. The van der Waals surface area contributed by atoms with Crippen LogP contribution < -0.4 is 0 Å². The number of piperidine rings is 1. The second kappa shape index (κ2) is 11.4. The van der Waals surface area contributed by atoms with Crippen LogP contribution in [0.25, 0.3) is 28.7 Å². The summed E-state index contributed by atoms with van der Waals surface area (Å²) in [5.74, 6) is -1.08. The summed E-state index contributed by atoms with van der Waals surface area (Å²) in [6, 6.07) is 12.5. The van der Waals surface area contributed by atoms with E-state index >= 15 is 0 Å². The van der Waals surface area contributed by atoms with E-state index in [1.165, 1.54) is 24.3 Å². The molecule has 1 unspecified atom stereocenters. The molecule has 1 aliphatic heterocycles. The van der Waals surface area contributed by atoms with Gasteiger partial charge in [0.1, 0.15) is 6.33 Å². The lowest BCUT2D eigenvalue weighted by Crippen LogP contribution is -2.38. The summed E-state index contributed by atoms with van der Waals surface area (Å²) in [7, 11) is 0. The first-order valence-corrected chi connectivity index (χ1v) is 12.9. The van der Waals surface area contributed by atoms with Crippen molar-refractivity contribution in [2.75, 3.05) is 19.6 Å². The fourth-order valence-electron chi connectivity index (χ4n) is 4.95. The number of aliphatic hydroxyl groups is 1. The number of hydrogen-bond donors (Lipinski definition) is 2. The van der Waals surface area contributed by atoms with Crippen molar-refractivity contribution in [2.45, 2.75) is 31.5 Å². The highest BCUT2D eigenvalue weighted by atomic mass is 35.5. The van der Waals surface area contributed by atoms with Crippen LogP contribution in [-0.4, -0.2) is 60.4 Å². The van der Waals surface area contributed by atoms with Gasteiger partial charge in [-0.05, 0) is 55.1 Å². The van der Waals surface area contributed by atoms with E-state index in [0.29, 0.717) is 29.2 Å². The average molecular weight is 576 g/mol. The van der Waals surface area contributed by atoms with Crippen LogP contribution in [0.4, 0.5) is 13.2 Å². The van der Waals surface area contributed by atoms with Crippen LogP contribution in [0.3, 0.4) is 0 Å². The summed E-state index contributed by atoms with van der Waals surface area (Å²) in [4.78, 5) is 21.2. The Morgan fingerprint density at radius 2 is 1.88 bits per heavy atom. The summed E-state index contributed by atoms with van der Waals surface area (Å²) in [6.45, 7) is 1.75. The van der Waals surface area contributed by atoms with Crippen molar-refractivity contribution >= 4 is 17.6 Å². The number of halogens is 4. The Morgan fingerprint density at radius 1 is 1.15 bits per heavy atom. The van der Waals surface area contributed by atoms with Gasteiger partial charge in [0.25, 0.3) is 5.89 Å². The highest BCUT2D eigenvalue weighted by molar-refractivity contribution is 6.30. The molecule has 1 aliphatic rings. The number of carbonyl (C=O) groups is 1. The summed E-state index contributed by atoms with van der Waals surface area (Å²) in [5.41, 5.74) is -0.237. The molecule has 0 spiro atoms. The maximum Gasteiger partial charge on any atom is 0.434 e. The van der Waals surface area contributed by atoms with Gasteiger partial charge in [0.05, 0.1) is 6.10 Å². The number of hydrogen-bond acceptors (Lipinski definition) is 7. The number of aliphatic carboxylic acids is 1. The van der Waals surface area contributed by atoms with E-state index in [1.807, 2.05) is 0 Å². The van der Waals surface area contributed by atoms with Crippen LogP contribution in [0.15, 0.2) is 59.4 Å². The van der Waals surface area contributed by atoms with E-state index in [0.717, 1.165) is 30.3 Å². The smallest absolute Gasteiger partial charge is 0.434 e. The van der Waals surface area contributed by atoms with Crippen molar-refractivity contribution in [1.82, 2.24) is 24.6 Å². The standard InChI is InChI=1S/C27H25ClF3N5O4/c28-19-7-9-20(10-8-19)36-15-32-23(24(36)27(29,30)31)26-33-25(34-40-26)18-5-3-17(4-6-18)21(37)14-35-11-1-2-16(13-35)12-22(38)39/h3-10,15-16,21,37H,1-2,11-14H2,(H,38,39)/t16?,21-/m1/s1. The summed E-state index contributed by atoms with van der Waals surface area (Å²) in [5, 5.41) is 24.0. The minimum absolute atomic E-state index is 0.0590. The molecule has 2 atom stereocenters. The van der Waals surface area contributed by atoms with Crippen molar-refractivity contribution in [3.05, 3.63) is 71.1 Å². The largest absolute Gasteiger partial charge is 0.481 e. The lowest BCUT2D eigenvalue weighted by Gasteiger charge is -2.33. The third-order valence-corrected chi connectivity index (χ3v) is 7.07. The average Bonchev–Trinajstić information content (AvgIpc) is 3.57. The molecule has 1 fully saturated rings. The monoisotopic (exact) mass is 575 g/mol. The van der Waals surface area contributed by atoms with Gasteiger partial charge >= 0.3 is 12.1 Å². The zero-order chi connectivity index (χ0) is 28.4. The number of β-amino-alcohol motifs (C(OH)–C–C–N with tert-alkyl or cyclic N) is 1. The third kappa shape index (κ3) is 6.19. The minimum atomic E-state index is -4.76. The van der Waals surface area contributed by atoms with Crippen LogP contribution in [0.1, 0.15) is 36.6 Å². The van der Waals surface area contributed by atoms with Crippen LogP contribution >= 0.6 is 11.6 Å². The van der Waals surface area contributed by atoms with E-state index in [4.69, 9.17) is 21.2 Å². The van der Waals surface area contributed by atoms with Gasteiger partial charge in [-0.15, -0.1) is 0 Å². The quantitative estimate of drug-likeness (QED) is 0.284. The molecule has 210 valence electrons. The molecule has 0 bridgehead atoms. The third-order valence-electron chi connectivity index (χ3n) is 6.82. The van der Waals surface area contributed by atoms with Crippen molar-refractivity contribution in [3.63, 3.8) is 0 Å². The second-order valence-corrected chi connectivity index (χ2v) is 10.1. The van der Waals surface area contributed by atoms with Gasteiger partial charge < -0.3 is 19.6 Å². The maximum absolute atomic E-state index is 14.1. The summed E-state index contributed by atoms with van der Waals surface area (Å²) in [6.07, 6.45) is -2.69. The van der Waals surface area contributed by atoms with Crippen molar-refractivity contribution in [2.24, 2.45) is 5.92 Å². The minimum Gasteiger partial charge on any atom is -0.481 e. The van der Waals surface area contributed by atoms with Crippen LogP contribution in [0.5, 0.6) is 0 Å². The van der Waals surface area contributed by atoms with E-state index in [-0.39, 0.29) is 29.7 Å². The molecule has 0 aliphatic carbocycles. The summed E-state index contributed by atoms with van der Waals surface area (Å²) < 4.78 is 48.2. The lowest BCUT2D eigenvalue weighted by atomic mass is 9.94. The fourth-order valence-corrected chi connectivity index (χ4v) is 5.07. The predicted molar refractivity (Wildman–Crippen MR) is 139 cm³/mol. The van der Waals surface area contributed by atoms with Gasteiger partial charge in [-0.3, -0.25) is 9.36 Å². The Bertz CT molecular complexity index is 1470. The van der Waals surface area contributed by atoms with Gasteiger partial charge in [-0.1, -0.05) is 41.0 Å². The molecule has 3 heterocycles. The number of rotatable bonds is 8. The Labute approximate surface area is 231 Å². The Balaban J connectivity index is 1.32. The molecule has 2 aromatic carbocycles. The van der Waals surface area contributed by atoms with Gasteiger partial charge in [0.15, 0.2) is 11.4 Å². The Morgan fingerprint density at radius 3 is 2.55 bits per heavy atom. The molecular weight excluding hydrogens is 551 g/mol. The lowest BCUT2D eigenvalue weighted by molar-refractivity contribution is -0.142. The fraction of sp³-hybridized carbons (Fsp3) is 0.333. The number of aliphatic hydroxyl groups excluding tert-OH is 1. The topological polar surface area (TPSA) is 118 Å². The zero-order valence-electron chi connectivity index (χ0n) is 21.1. The zero-order valence-corrected chi connectivity index (χ0v) is 21.8. The SMILES string of the molecule is O=C(O)CC1CCCN(C[C@@H](O)c2ccc(-c3noc(-c4ncn(-c5ccc(Cl)cc5)c4C(F)(F)F)n3)cc2)C1. The Kier molecular flexibility index (Phi) is 7.92. The first-order valence-electron chi connectivity index (χ1n) is 12.6. The van der Waals surface area contributed by atoms with Crippen molar-refractivity contribution in [1.29, 1.82) is 0 Å². The molecule has 0 radical (unpaired) electrons. The van der Waals surface area contributed by atoms with Crippen molar-refractivity contribution in [3.8, 4) is 28.7 Å². The van der Waals surface area contributed by atoms with Crippen LogP contribution in [0, 0.1) is 5.92 Å². The number of aromatic nitrogens is 4. The van der Waals surface area contributed by atoms with E-state index in [9.17, 15) is 23.1 Å². The van der Waals surface area contributed by atoms with Gasteiger partial charge in [0, 0.05) is 35.8 Å². The molecule has 5 rings (SSSR count). The molecule has 13 heteroatoms. The highest BCUT2D eigenvalue weighted by Gasteiger charge is 2.40. The molecule has 0 amide bonds. The number of likely N-dealkylation sites (tertiary alicyclic amines) is 1. The predicted octanol–water partition coefficient (Wildman–Crippen LogP) is 5.48. The number of carboxylic acid groups (broad SMARTS) is 1. The highest BCUT2D eigenvalue weighted by Crippen LogP contribution is 2.38. The Hall–Kier alpha value is -3.74. The second-order valence-electron chi connectivity index (χ2n) is 9.71. The first-order chi connectivity index (χ1) is 19.1. The number of nitrogens with zero attached hydrogens (tertiary/aromatic N) is 5.